The molecular formula is C18H38N2. The molecule has 0 spiro atoms. The molecule has 2 aliphatic rings. The lowest BCUT2D eigenvalue weighted by Crippen LogP contribution is -2.35. The zero-order valence-electron chi connectivity index (χ0n) is 14.5. The van der Waals surface area contributed by atoms with Crippen LogP contribution in [0.3, 0.4) is 0 Å². The van der Waals surface area contributed by atoms with Crippen LogP contribution in [0.1, 0.15) is 79.1 Å². The van der Waals surface area contributed by atoms with Crippen molar-refractivity contribution in [3.63, 3.8) is 0 Å². The van der Waals surface area contributed by atoms with Crippen LogP contribution in [0.5, 0.6) is 0 Å². The maximum atomic E-state index is 2.65. The molecular weight excluding hydrogens is 244 g/mol. The maximum absolute atomic E-state index is 2.65. The van der Waals surface area contributed by atoms with Gasteiger partial charge in [0.05, 0.1) is 0 Å². The number of piperidine rings is 1. The summed E-state index contributed by atoms with van der Waals surface area (Å²) in [5.74, 6) is 0. The predicted octanol–water partition coefficient (Wildman–Crippen LogP) is 4.54. The maximum Gasteiger partial charge on any atom is 0.00643 e. The Morgan fingerprint density at radius 1 is 0.650 bits per heavy atom. The summed E-state index contributed by atoms with van der Waals surface area (Å²) in [7, 11) is 0. The van der Waals surface area contributed by atoms with E-state index >= 15 is 0 Å². The quantitative estimate of drug-likeness (QED) is 0.750. The van der Waals surface area contributed by atoms with Gasteiger partial charge < -0.3 is 9.80 Å². The Hall–Kier alpha value is -0.0800. The van der Waals surface area contributed by atoms with Crippen molar-refractivity contribution in [2.45, 2.75) is 91.1 Å². The van der Waals surface area contributed by atoms with E-state index in [4.69, 9.17) is 0 Å². The van der Waals surface area contributed by atoms with E-state index in [0.29, 0.717) is 0 Å². The Bertz CT molecular complexity index is 213. The Balaban J connectivity index is 0.000000204. The minimum Gasteiger partial charge on any atom is -0.301 e. The minimum atomic E-state index is 0.769. The fourth-order valence-electron chi connectivity index (χ4n) is 3.23. The normalized spacial score (nSPS) is 23.9. The van der Waals surface area contributed by atoms with Crippen LogP contribution in [0.2, 0.25) is 0 Å². The number of rotatable bonds is 3. The second-order valence-electron chi connectivity index (χ2n) is 6.90. The van der Waals surface area contributed by atoms with Crippen LogP contribution >= 0.6 is 0 Å². The van der Waals surface area contributed by atoms with Crippen molar-refractivity contribution in [2.24, 2.45) is 0 Å². The molecule has 0 aromatic heterocycles. The Morgan fingerprint density at radius 3 is 1.40 bits per heavy atom. The van der Waals surface area contributed by atoms with Gasteiger partial charge in [-0.25, -0.2) is 0 Å². The highest BCUT2D eigenvalue weighted by molar-refractivity contribution is 4.69. The van der Waals surface area contributed by atoms with E-state index in [1.807, 2.05) is 0 Å². The molecule has 0 aromatic rings. The third-order valence-electron chi connectivity index (χ3n) is 4.98. The lowest BCUT2D eigenvalue weighted by molar-refractivity contribution is 0.185. The summed E-state index contributed by atoms with van der Waals surface area (Å²) >= 11 is 0. The lowest BCUT2D eigenvalue weighted by atomic mass is 10.1. The first-order chi connectivity index (χ1) is 9.65. The Labute approximate surface area is 127 Å². The average molecular weight is 283 g/mol. The van der Waals surface area contributed by atoms with E-state index in [-0.39, 0.29) is 0 Å². The van der Waals surface area contributed by atoms with Gasteiger partial charge in [-0.15, -0.1) is 0 Å². The van der Waals surface area contributed by atoms with Crippen molar-refractivity contribution in [1.29, 1.82) is 0 Å². The molecule has 0 aliphatic carbocycles. The van der Waals surface area contributed by atoms with Gasteiger partial charge in [0.25, 0.3) is 0 Å². The molecule has 2 fully saturated rings. The van der Waals surface area contributed by atoms with E-state index in [0.717, 1.165) is 12.1 Å². The molecule has 20 heavy (non-hydrogen) atoms. The van der Waals surface area contributed by atoms with Gasteiger partial charge in [-0.2, -0.15) is 0 Å². The molecule has 2 rings (SSSR count). The van der Waals surface area contributed by atoms with Crippen LogP contribution < -0.4 is 0 Å². The van der Waals surface area contributed by atoms with Crippen molar-refractivity contribution in [3.8, 4) is 0 Å². The van der Waals surface area contributed by atoms with Crippen LogP contribution in [0, 0.1) is 0 Å². The first-order valence-corrected chi connectivity index (χ1v) is 9.13. The highest BCUT2D eigenvalue weighted by Gasteiger charge is 2.13. The van der Waals surface area contributed by atoms with Gasteiger partial charge in [-0.1, -0.05) is 26.2 Å². The molecule has 1 unspecified atom stereocenters. The van der Waals surface area contributed by atoms with Crippen molar-refractivity contribution >= 4 is 0 Å². The third kappa shape index (κ3) is 7.08. The van der Waals surface area contributed by atoms with Crippen LogP contribution in [0.15, 0.2) is 0 Å². The molecule has 2 nitrogen and oxygen atoms in total. The molecule has 0 saturated carbocycles. The van der Waals surface area contributed by atoms with Crippen LogP contribution in [0.25, 0.3) is 0 Å². The largest absolute Gasteiger partial charge is 0.301 e. The van der Waals surface area contributed by atoms with Gasteiger partial charge in [0.1, 0.15) is 0 Å². The van der Waals surface area contributed by atoms with E-state index in [9.17, 15) is 0 Å². The monoisotopic (exact) mass is 282 g/mol. The first kappa shape index (κ1) is 18.0. The molecule has 2 aliphatic heterocycles. The van der Waals surface area contributed by atoms with Crippen LogP contribution in [-0.4, -0.2) is 48.1 Å². The zero-order chi connectivity index (χ0) is 14.8. The first-order valence-electron chi connectivity index (χ1n) is 9.13. The third-order valence-corrected chi connectivity index (χ3v) is 4.98. The number of hydrogen-bond acceptors (Lipinski definition) is 2. The van der Waals surface area contributed by atoms with Gasteiger partial charge in [0.15, 0.2) is 0 Å². The van der Waals surface area contributed by atoms with E-state index < -0.39 is 0 Å². The van der Waals surface area contributed by atoms with Gasteiger partial charge in [-0.3, -0.25) is 0 Å². The summed E-state index contributed by atoms with van der Waals surface area (Å²) in [6.07, 6.45) is 11.3. The SMILES string of the molecule is CC(C)N1CCCCC1.CCC(C)N1CCCCCC1. The molecule has 0 radical (unpaired) electrons. The van der Waals surface area contributed by atoms with E-state index in [2.05, 4.69) is 37.5 Å². The molecule has 0 bridgehead atoms. The number of likely N-dealkylation sites (tertiary alicyclic amines) is 2. The topological polar surface area (TPSA) is 6.48 Å². The Kier molecular flexibility index (Phi) is 9.54. The molecule has 0 amide bonds. The summed E-state index contributed by atoms with van der Waals surface area (Å²) < 4.78 is 0. The van der Waals surface area contributed by atoms with Crippen molar-refractivity contribution in [1.82, 2.24) is 9.80 Å². The van der Waals surface area contributed by atoms with Gasteiger partial charge in [0, 0.05) is 12.1 Å². The second-order valence-corrected chi connectivity index (χ2v) is 6.90. The minimum absolute atomic E-state index is 0.769. The summed E-state index contributed by atoms with van der Waals surface area (Å²) in [6.45, 7) is 14.6. The summed E-state index contributed by atoms with van der Waals surface area (Å²) in [5, 5.41) is 0. The van der Waals surface area contributed by atoms with E-state index in [1.165, 1.54) is 77.5 Å². The van der Waals surface area contributed by atoms with Crippen molar-refractivity contribution < 1.29 is 0 Å². The average Bonchev–Trinajstić information content (AvgIpc) is 2.77. The lowest BCUT2D eigenvalue weighted by Gasteiger charge is -2.29. The fraction of sp³-hybridized carbons (Fsp3) is 1.00. The standard InChI is InChI=1S/C10H21N.C8H17N/c1-3-10(2)11-8-6-4-5-7-9-11;1-8(2)9-6-4-3-5-7-9/h10H,3-9H2,1-2H3;8H,3-7H2,1-2H3. The molecule has 2 saturated heterocycles. The smallest absolute Gasteiger partial charge is 0.00643 e. The van der Waals surface area contributed by atoms with Crippen molar-refractivity contribution in [2.75, 3.05) is 26.2 Å². The molecule has 2 heterocycles. The van der Waals surface area contributed by atoms with E-state index in [1.54, 1.807) is 0 Å². The van der Waals surface area contributed by atoms with Crippen molar-refractivity contribution in [3.05, 3.63) is 0 Å². The Morgan fingerprint density at radius 2 is 1.05 bits per heavy atom. The number of nitrogens with zero attached hydrogens (tertiary/aromatic N) is 2. The predicted molar refractivity (Wildman–Crippen MR) is 90.4 cm³/mol. The van der Waals surface area contributed by atoms with Gasteiger partial charge in [0.2, 0.25) is 0 Å². The van der Waals surface area contributed by atoms with Crippen LogP contribution in [-0.2, 0) is 0 Å². The van der Waals surface area contributed by atoms with Gasteiger partial charge in [-0.05, 0) is 79.1 Å². The van der Waals surface area contributed by atoms with Crippen LogP contribution in [0.4, 0.5) is 0 Å². The molecule has 0 N–H and O–H groups in total. The zero-order valence-corrected chi connectivity index (χ0v) is 14.5. The highest BCUT2D eigenvalue weighted by Crippen LogP contribution is 2.13. The highest BCUT2D eigenvalue weighted by atomic mass is 15.1. The molecule has 1 atom stereocenters. The fourth-order valence-corrected chi connectivity index (χ4v) is 3.23. The second kappa shape index (κ2) is 10.6. The molecule has 0 aromatic carbocycles. The summed E-state index contributed by atoms with van der Waals surface area (Å²) in [4.78, 5) is 5.20. The number of hydrogen-bond donors (Lipinski definition) is 0. The molecule has 120 valence electrons. The molecule has 2 heteroatoms. The van der Waals surface area contributed by atoms with Gasteiger partial charge >= 0.3 is 0 Å². The summed E-state index contributed by atoms with van der Waals surface area (Å²) in [5.41, 5.74) is 0. The summed E-state index contributed by atoms with van der Waals surface area (Å²) in [6, 6.07) is 1.58.